The summed E-state index contributed by atoms with van der Waals surface area (Å²) < 4.78 is 55.0. The van der Waals surface area contributed by atoms with E-state index in [4.69, 9.17) is 47.4 Å². The SMILES string of the molecule is CC(=O)OCC1OC(Oc2c(OC(C)=O)cc3c(c2O)Cc2cc(OC(C)=O)c(OC(C)=O)cc2O3)C(OC(C)=O)C(OC(C)=O)C1OC(C)=O. The zero-order chi connectivity index (χ0) is 37.7. The van der Waals surface area contributed by atoms with Gasteiger partial charge in [0.25, 0.3) is 0 Å². The Morgan fingerprint density at radius 3 is 1.71 bits per heavy atom. The van der Waals surface area contributed by atoms with E-state index in [0.29, 0.717) is 5.56 Å². The van der Waals surface area contributed by atoms with E-state index in [9.17, 15) is 38.7 Å². The van der Waals surface area contributed by atoms with Crippen molar-refractivity contribution >= 4 is 41.8 Å². The maximum Gasteiger partial charge on any atom is 0.308 e. The van der Waals surface area contributed by atoms with Crippen LogP contribution in [-0.4, -0.2) is 84.2 Å². The molecule has 1 fully saturated rings. The summed E-state index contributed by atoms with van der Waals surface area (Å²) >= 11 is 0. The summed E-state index contributed by atoms with van der Waals surface area (Å²) in [5.41, 5.74) is 0.413. The summed E-state index contributed by atoms with van der Waals surface area (Å²) in [6, 6.07) is 3.85. The van der Waals surface area contributed by atoms with Crippen molar-refractivity contribution in [3.63, 3.8) is 0 Å². The maximum absolute atomic E-state index is 12.3. The molecule has 1 saturated heterocycles. The molecule has 1 N–H and O–H groups in total. The Hall–Kier alpha value is -5.91. The Morgan fingerprint density at radius 1 is 0.647 bits per heavy atom. The largest absolute Gasteiger partial charge is 0.504 e. The highest BCUT2D eigenvalue weighted by molar-refractivity contribution is 5.76. The first kappa shape index (κ1) is 37.9. The Kier molecular flexibility index (Phi) is 11.7. The van der Waals surface area contributed by atoms with Crippen LogP contribution < -0.4 is 23.7 Å². The van der Waals surface area contributed by atoms with Gasteiger partial charge in [-0.3, -0.25) is 33.6 Å². The molecule has 2 aromatic carbocycles. The Labute approximate surface area is 289 Å². The van der Waals surface area contributed by atoms with E-state index in [1.165, 1.54) is 18.2 Å². The van der Waals surface area contributed by atoms with Gasteiger partial charge in [-0.2, -0.15) is 0 Å². The third-order valence-electron chi connectivity index (χ3n) is 6.94. The van der Waals surface area contributed by atoms with E-state index in [0.717, 1.165) is 48.5 Å². The van der Waals surface area contributed by atoms with Gasteiger partial charge in [0.15, 0.2) is 35.2 Å². The Bertz CT molecular complexity index is 1760. The fourth-order valence-electron chi connectivity index (χ4n) is 5.24. The zero-order valence-corrected chi connectivity index (χ0v) is 28.4. The minimum absolute atomic E-state index is 0.0286. The van der Waals surface area contributed by atoms with Gasteiger partial charge in [0.05, 0.1) is 0 Å². The number of phenolic OH excluding ortho intramolecular Hbond substituents is 1. The molecular formula is C33H34O18. The number of hydrogen-bond acceptors (Lipinski definition) is 18. The highest BCUT2D eigenvalue weighted by Crippen LogP contribution is 2.52. The second-order valence-corrected chi connectivity index (χ2v) is 11.2. The molecule has 274 valence electrons. The lowest BCUT2D eigenvalue weighted by atomic mass is 9.97. The molecule has 0 amide bonds. The number of carbonyl (C=O) groups is 7. The summed E-state index contributed by atoms with van der Waals surface area (Å²) in [5.74, 6) is -7.42. The molecule has 51 heavy (non-hydrogen) atoms. The Balaban J connectivity index is 1.83. The monoisotopic (exact) mass is 718 g/mol. The fraction of sp³-hybridized carbons (Fsp3) is 0.424. The number of ether oxygens (including phenoxy) is 10. The summed E-state index contributed by atoms with van der Waals surface area (Å²) in [6.07, 6.45) is -8.09. The van der Waals surface area contributed by atoms with Gasteiger partial charge in [0, 0.05) is 78.1 Å². The minimum Gasteiger partial charge on any atom is -0.504 e. The van der Waals surface area contributed by atoms with Crippen molar-refractivity contribution in [3.05, 3.63) is 29.3 Å². The number of rotatable bonds is 10. The van der Waals surface area contributed by atoms with Gasteiger partial charge < -0.3 is 52.5 Å². The molecule has 0 aliphatic carbocycles. The van der Waals surface area contributed by atoms with Crippen molar-refractivity contribution in [2.45, 2.75) is 85.6 Å². The summed E-state index contributed by atoms with van der Waals surface area (Å²) in [5, 5.41) is 11.6. The first-order valence-electron chi connectivity index (χ1n) is 15.2. The van der Waals surface area contributed by atoms with E-state index < -0.39 is 96.3 Å². The molecule has 0 saturated carbocycles. The topological polar surface area (TPSA) is 232 Å². The normalized spacial score (nSPS) is 20.2. The standard InChI is InChI=1S/C33H34O18/c1-13(34)42-12-27-30(46-17(5)38)31(47-18(6)39)32(48-19(7)40)33(50-27)51-29-26(45-16(4)37)11-23-21(28(29)41)8-20-9-24(43-14(2)35)25(44-15(3)36)10-22(20)49-23/h9-11,27,30-33,41H,8,12H2,1-7H3. The molecule has 5 atom stereocenters. The van der Waals surface area contributed by atoms with Crippen LogP contribution in [0.3, 0.4) is 0 Å². The number of carbonyl (C=O) groups excluding carboxylic acids is 7. The molecule has 5 unspecified atom stereocenters. The molecular weight excluding hydrogens is 684 g/mol. The van der Waals surface area contributed by atoms with Gasteiger partial charge in [-0.05, 0) is 6.07 Å². The van der Waals surface area contributed by atoms with Crippen LogP contribution in [0.2, 0.25) is 0 Å². The Morgan fingerprint density at radius 2 is 1.16 bits per heavy atom. The summed E-state index contributed by atoms with van der Waals surface area (Å²) in [7, 11) is 0. The van der Waals surface area contributed by atoms with Crippen molar-refractivity contribution in [3.8, 4) is 40.2 Å². The number of fused-ring (bicyclic) bond motifs is 2. The number of aromatic hydroxyl groups is 1. The van der Waals surface area contributed by atoms with E-state index >= 15 is 0 Å². The molecule has 2 heterocycles. The van der Waals surface area contributed by atoms with Crippen LogP contribution in [0.15, 0.2) is 18.2 Å². The van der Waals surface area contributed by atoms with Crippen LogP contribution in [-0.2, 0) is 63.7 Å². The van der Waals surface area contributed by atoms with Crippen LogP contribution in [0.5, 0.6) is 40.2 Å². The highest BCUT2D eigenvalue weighted by atomic mass is 16.7. The van der Waals surface area contributed by atoms with Gasteiger partial charge in [-0.25, -0.2) is 0 Å². The van der Waals surface area contributed by atoms with Crippen LogP contribution in [0.25, 0.3) is 0 Å². The molecule has 0 radical (unpaired) electrons. The van der Waals surface area contributed by atoms with Gasteiger partial charge >= 0.3 is 41.8 Å². The number of benzene rings is 2. The van der Waals surface area contributed by atoms with Crippen molar-refractivity contribution in [1.82, 2.24) is 0 Å². The van der Waals surface area contributed by atoms with Crippen LogP contribution in [0.1, 0.15) is 59.6 Å². The quantitative estimate of drug-likeness (QED) is 0.180. The maximum atomic E-state index is 12.3. The lowest BCUT2D eigenvalue weighted by Crippen LogP contribution is -2.63. The van der Waals surface area contributed by atoms with Crippen LogP contribution >= 0.6 is 0 Å². The molecule has 2 aliphatic rings. The van der Waals surface area contributed by atoms with Gasteiger partial charge in [0.2, 0.25) is 18.1 Å². The van der Waals surface area contributed by atoms with Gasteiger partial charge in [-0.15, -0.1) is 0 Å². The van der Waals surface area contributed by atoms with Crippen LogP contribution in [0, 0.1) is 0 Å². The molecule has 18 nitrogen and oxygen atoms in total. The number of esters is 7. The minimum atomic E-state index is -1.80. The third kappa shape index (κ3) is 9.41. The predicted molar refractivity (Wildman–Crippen MR) is 164 cm³/mol. The van der Waals surface area contributed by atoms with E-state index in [1.54, 1.807) is 0 Å². The van der Waals surface area contributed by atoms with E-state index in [2.05, 4.69) is 0 Å². The average molecular weight is 719 g/mol. The van der Waals surface area contributed by atoms with E-state index in [1.807, 2.05) is 0 Å². The van der Waals surface area contributed by atoms with Gasteiger partial charge in [-0.1, -0.05) is 0 Å². The van der Waals surface area contributed by atoms with Crippen molar-refractivity contribution in [2.75, 3.05) is 6.61 Å². The molecule has 2 aromatic rings. The first-order chi connectivity index (χ1) is 23.9. The highest BCUT2D eigenvalue weighted by Gasteiger charge is 2.54. The smallest absolute Gasteiger partial charge is 0.308 e. The molecule has 0 bridgehead atoms. The first-order valence-corrected chi connectivity index (χ1v) is 15.2. The lowest BCUT2D eigenvalue weighted by molar-refractivity contribution is -0.288. The summed E-state index contributed by atoms with van der Waals surface area (Å²) in [4.78, 5) is 84.0. The molecule has 0 aromatic heterocycles. The fourth-order valence-corrected chi connectivity index (χ4v) is 5.24. The number of hydrogen-bond donors (Lipinski definition) is 1. The van der Waals surface area contributed by atoms with Crippen LogP contribution in [0.4, 0.5) is 0 Å². The lowest BCUT2D eigenvalue weighted by Gasteiger charge is -2.44. The van der Waals surface area contributed by atoms with Crippen molar-refractivity contribution in [1.29, 1.82) is 0 Å². The third-order valence-corrected chi connectivity index (χ3v) is 6.94. The molecule has 2 aliphatic heterocycles. The second kappa shape index (κ2) is 15.8. The van der Waals surface area contributed by atoms with Gasteiger partial charge in [0.1, 0.15) is 24.2 Å². The number of phenols is 1. The molecule has 18 heteroatoms. The van der Waals surface area contributed by atoms with E-state index in [-0.39, 0.29) is 35.0 Å². The average Bonchev–Trinajstić information content (AvgIpc) is 2.99. The molecule has 0 spiro atoms. The van der Waals surface area contributed by atoms with Crippen molar-refractivity contribution < 1.29 is 86.0 Å². The summed E-state index contributed by atoms with van der Waals surface area (Å²) in [6.45, 7) is 7.01. The zero-order valence-electron chi connectivity index (χ0n) is 28.4. The van der Waals surface area contributed by atoms with Crippen molar-refractivity contribution in [2.24, 2.45) is 0 Å². The predicted octanol–water partition coefficient (Wildman–Crippen LogP) is 2.33. The second-order valence-electron chi connectivity index (χ2n) is 11.2. The molecule has 4 rings (SSSR count).